The number of anilines is 1. The van der Waals surface area contributed by atoms with E-state index in [0.717, 1.165) is 45.0 Å². The molecule has 0 aliphatic carbocycles. The van der Waals surface area contributed by atoms with Crippen LogP contribution in [0.15, 0.2) is 77.7 Å². The summed E-state index contributed by atoms with van der Waals surface area (Å²) in [5.74, 6) is -0.669. The number of fused-ring (bicyclic) bond motifs is 1. The summed E-state index contributed by atoms with van der Waals surface area (Å²) in [6.07, 6.45) is 7.02. The molecular weight excluding hydrogens is 612 g/mol. The molecule has 0 amide bonds. The predicted molar refractivity (Wildman–Crippen MR) is 159 cm³/mol. The zero-order chi connectivity index (χ0) is 29.7. The minimum absolute atomic E-state index is 0.0427. The average Bonchev–Trinajstić information content (AvgIpc) is 3.50. The molecule has 0 saturated carbocycles. The minimum Gasteiger partial charge on any atom is -0.277 e. The molecule has 10 nitrogen and oxygen atoms in total. The highest BCUT2D eigenvalue weighted by atomic mass is 35.5. The molecule has 3 heterocycles. The number of nitriles is 1. The molecule has 0 atom stereocenters. The lowest BCUT2D eigenvalue weighted by Gasteiger charge is -2.06. The van der Waals surface area contributed by atoms with E-state index in [1.54, 1.807) is 12.3 Å². The highest BCUT2D eigenvalue weighted by Crippen LogP contribution is 2.31. The molecule has 41 heavy (non-hydrogen) atoms. The first-order valence-electron chi connectivity index (χ1n) is 11.4. The van der Waals surface area contributed by atoms with Crippen LogP contribution in [0.4, 0.5) is 10.1 Å². The van der Waals surface area contributed by atoms with Gasteiger partial charge in [0.1, 0.15) is 16.4 Å². The first-order chi connectivity index (χ1) is 19.6. The van der Waals surface area contributed by atoms with Gasteiger partial charge in [-0.3, -0.25) is 9.52 Å². The third kappa shape index (κ3) is 6.53. The first-order valence-corrected chi connectivity index (χ1v) is 14.6. The fraction of sp³-hybridized carbons (Fsp3) is 0.0385. The molecule has 0 fully saturated rings. The number of nitrogens with zero attached hydrogens (tertiary/aromatic N) is 6. The first kappa shape index (κ1) is 29.6. The Balaban J connectivity index is 0.00000124. The summed E-state index contributed by atoms with van der Waals surface area (Å²) < 4.78 is 42.8. The van der Waals surface area contributed by atoms with Gasteiger partial charge in [-0.1, -0.05) is 70.9 Å². The van der Waals surface area contributed by atoms with Gasteiger partial charge in [-0.05, 0) is 25.1 Å². The van der Waals surface area contributed by atoms with Crippen molar-refractivity contribution < 1.29 is 12.8 Å². The van der Waals surface area contributed by atoms with Crippen LogP contribution in [0.25, 0.3) is 32.9 Å². The van der Waals surface area contributed by atoms with Crippen molar-refractivity contribution in [3.63, 3.8) is 0 Å². The van der Waals surface area contributed by atoms with E-state index in [-0.39, 0.29) is 37.5 Å². The lowest BCUT2D eigenvalue weighted by atomic mass is 10.2. The van der Waals surface area contributed by atoms with Gasteiger partial charge in [-0.25, -0.2) is 22.3 Å². The number of rotatable bonds is 6. The topological polar surface area (TPSA) is 135 Å². The molecule has 0 aliphatic heterocycles. The minimum atomic E-state index is -4.13. The number of allylic oxidation sites excluding steroid dienone is 1. The Morgan fingerprint density at radius 2 is 1.78 bits per heavy atom. The van der Waals surface area contributed by atoms with Crippen LogP contribution in [-0.4, -0.2) is 32.8 Å². The van der Waals surface area contributed by atoms with Gasteiger partial charge in [0.2, 0.25) is 6.19 Å². The van der Waals surface area contributed by atoms with E-state index in [9.17, 15) is 22.9 Å². The second kappa shape index (κ2) is 12.4. The Morgan fingerprint density at radius 1 is 1.15 bits per heavy atom. The van der Waals surface area contributed by atoms with Crippen LogP contribution in [0.2, 0.25) is 10.0 Å². The van der Waals surface area contributed by atoms with Crippen LogP contribution in [-0.2, 0) is 10.0 Å². The highest BCUT2D eigenvalue weighted by molar-refractivity contribution is 7.95. The Hall–Kier alpha value is -4.35. The molecule has 3 aromatic heterocycles. The van der Waals surface area contributed by atoms with Crippen molar-refractivity contribution >= 4 is 62.0 Å². The van der Waals surface area contributed by atoms with Gasteiger partial charge in [-0.15, -0.1) is 21.5 Å². The standard InChI is InChI=1S/C23H12Cl2FN7O3S2.C3H6/c24-17-8-14(26)9-18(25)16(17)6-7-38(35,36)31-15-10-28-20-19(23(34)33(12-27)32(20)11-15)22-30-29-21(37-22)13-4-2-1-3-5-13;1-3-2/h1-11,31H;3H,1H2,2H3/b7-6+;. The Bertz CT molecular complexity index is 1970. The van der Waals surface area contributed by atoms with Crippen LogP contribution < -0.4 is 10.3 Å². The van der Waals surface area contributed by atoms with Crippen molar-refractivity contribution in [2.24, 2.45) is 0 Å². The summed E-state index contributed by atoms with van der Waals surface area (Å²) in [7, 11) is -4.13. The quantitative estimate of drug-likeness (QED) is 0.225. The molecule has 0 bridgehead atoms. The number of hydrogen-bond acceptors (Lipinski definition) is 8. The summed E-state index contributed by atoms with van der Waals surface area (Å²) in [4.78, 5) is 17.2. The number of nitrogens with one attached hydrogen (secondary N) is 1. The second-order valence-corrected chi connectivity index (χ2v) is 11.4. The molecule has 0 saturated heterocycles. The van der Waals surface area contributed by atoms with Gasteiger partial charge in [-0.2, -0.15) is 5.26 Å². The molecule has 208 valence electrons. The van der Waals surface area contributed by atoms with Crippen LogP contribution >= 0.6 is 34.5 Å². The Labute approximate surface area is 247 Å². The van der Waals surface area contributed by atoms with Crippen molar-refractivity contribution in [2.45, 2.75) is 6.92 Å². The second-order valence-electron chi connectivity index (χ2n) is 8.02. The molecule has 5 rings (SSSR count). The van der Waals surface area contributed by atoms with Gasteiger partial charge >= 0.3 is 0 Å². The summed E-state index contributed by atoms with van der Waals surface area (Å²) in [6, 6.07) is 11.2. The molecule has 15 heteroatoms. The van der Waals surface area contributed by atoms with E-state index in [1.165, 1.54) is 12.4 Å². The SMILES string of the molecule is C=CC.N#Cn1c(=O)c(-c2nnc(-c3ccccc3)s2)c2ncc(NS(=O)(=O)/C=C/c3c(Cl)cc(F)cc3Cl)cn21. The number of benzene rings is 2. The fourth-order valence-corrected chi connectivity index (χ4v) is 5.76. The number of aromatic nitrogens is 5. The number of hydrogen-bond donors (Lipinski definition) is 1. The monoisotopic (exact) mass is 629 g/mol. The Morgan fingerprint density at radius 3 is 2.41 bits per heavy atom. The van der Waals surface area contributed by atoms with E-state index in [1.807, 2.05) is 37.3 Å². The number of halogens is 3. The lowest BCUT2D eigenvalue weighted by Crippen LogP contribution is -2.16. The van der Waals surface area contributed by atoms with E-state index in [4.69, 9.17) is 23.2 Å². The van der Waals surface area contributed by atoms with E-state index in [2.05, 4.69) is 26.5 Å². The zero-order valence-electron chi connectivity index (χ0n) is 21.0. The van der Waals surface area contributed by atoms with Crippen molar-refractivity contribution in [2.75, 3.05) is 4.72 Å². The molecule has 0 spiro atoms. The van der Waals surface area contributed by atoms with Crippen LogP contribution in [0.3, 0.4) is 0 Å². The van der Waals surface area contributed by atoms with Crippen molar-refractivity contribution in [3.8, 4) is 27.3 Å². The van der Waals surface area contributed by atoms with Crippen LogP contribution in [0.1, 0.15) is 12.5 Å². The summed E-state index contributed by atoms with van der Waals surface area (Å²) in [6.45, 7) is 5.25. The van der Waals surface area contributed by atoms with E-state index < -0.39 is 21.4 Å². The third-order valence-corrected chi connectivity index (χ3v) is 7.75. The Kier molecular flexibility index (Phi) is 8.99. The highest BCUT2D eigenvalue weighted by Gasteiger charge is 2.22. The fourth-order valence-electron chi connectivity index (χ4n) is 3.47. The van der Waals surface area contributed by atoms with E-state index >= 15 is 0 Å². The van der Waals surface area contributed by atoms with Gasteiger partial charge in [0.25, 0.3) is 15.6 Å². The maximum atomic E-state index is 13.4. The molecule has 1 N–H and O–H groups in total. The maximum absolute atomic E-state index is 13.4. The lowest BCUT2D eigenvalue weighted by molar-refractivity contribution is 0.609. The largest absolute Gasteiger partial charge is 0.293 e. The molecule has 0 aliphatic rings. The van der Waals surface area contributed by atoms with Crippen molar-refractivity contribution in [1.82, 2.24) is 24.4 Å². The van der Waals surface area contributed by atoms with Gasteiger partial charge in [0.05, 0.1) is 33.5 Å². The normalized spacial score (nSPS) is 11.2. The van der Waals surface area contributed by atoms with Crippen molar-refractivity contribution in [1.29, 1.82) is 5.26 Å². The van der Waals surface area contributed by atoms with Crippen LogP contribution in [0, 0.1) is 17.3 Å². The smallest absolute Gasteiger partial charge is 0.277 e. The average molecular weight is 631 g/mol. The predicted octanol–water partition coefficient (Wildman–Crippen LogP) is 6.06. The summed E-state index contributed by atoms with van der Waals surface area (Å²) in [5.41, 5.74) is 0.287. The van der Waals surface area contributed by atoms with Gasteiger partial charge in [0.15, 0.2) is 10.7 Å². The molecule has 5 aromatic rings. The van der Waals surface area contributed by atoms with Gasteiger partial charge < -0.3 is 0 Å². The maximum Gasteiger partial charge on any atom is 0.293 e. The number of sulfonamides is 1. The third-order valence-electron chi connectivity index (χ3n) is 5.12. The van der Waals surface area contributed by atoms with Crippen LogP contribution in [0.5, 0.6) is 0 Å². The summed E-state index contributed by atoms with van der Waals surface area (Å²) in [5, 5.41) is 19.3. The van der Waals surface area contributed by atoms with E-state index in [0.29, 0.717) is 9.69 Å². The molecule has 0 unspecified atom stereocenters. The molecular formula is C26H18Cl2FN7O3S2. The summed E-state index contributed by atoms with van der Waals surface area (Å²) >= 11 is 13.1. The van der Waals surface area contributed by atoms with Crippen molar-refractivity contribution in [3.05, 3.63) is 105 Å². The van der Waals surface area contributed by atoms with Gasteiger partial charge in [0, 0.05) is 11.1 Å². The zero-order valence-corrected chi connectivity index (χ0v) is 24.1. The molecule has 2 aromatic carbocycles. The molecule has 0 radical (unpaired) electrons.